The highest BCUT2D eigenvalue weighted by atomic mass is 35.5. The monoisotopic (exact) mass is 297 g/mol. The molecule has 3 unspecified atom stereocenters. The van der Waals surface area contributed by atoms with Crippen molar-refractivity contribution in [1.82, 2.24) is 5.32 Å². The number of hydrogen-bond donors (Lipinski definition) is 1. The van der Waals surface area contributed by atoms with Gasteiger partial charge in [-0.25, -0.2) is 0 Å². The Morgan fingerprint density at radius 3 is 2.90 bits per heavy atom. The second-order valence-electron chi connectivity index (χ2n) is 5.19. The highest BCUT2D eigenvalue weighted by molar-refractivity contribution is 6.30. The molecule has 1 aliphatic rings. The van der Waals surface area contributed by atoms with E-state index in [-0.39, 0.29) is 6.04 Å². The van der Waals surface area contributed by atoms with Gasteiger partial charge in [-0.15, -0.1) is 0 Å². The summed E-state index contributed by atoms with van der Waals surface area (Å²) in [6.07, 6.45) is 2.42. The van der Waals surface area contributed by atoms with Gasteiger partial charge in [-0.05, 0) is 37.6 Å². The summed E-state index contributed by atoms with van der Waals surface area (Å²) in [5, 5.41) is 4.33. The van der Waals surface area contributed by atoms with Crippen LogP contribution in [0, 0.1) is 5.92 Å². The Balaban J connectivity index is 2.34. The smallest absolute Gasteiger partial charge is 0.123 e. The molecule has 1 saturated heterocycles. The van der Waals surface area contributed by atoms with Crippen LogP contribution in [0.2, 0.25) is 5.02 Å². The topological polar surface area (TPSA) is 30.5 Å². The normalized spacial score (nSPS) is 23.8. The van der Waals surface area contributed by atoms with E-state index in [1.807, 2.05) is 18.2 Å². The third kappa shape index (κ3) is 3.27. The van der Waals surface area contributed by atoms with Gasteiger partial charge in [0.2, 0.25) is 0 Å². The Labute approximate surface area is 126 Å². The molecule has 1 aliphatic heterocycles. The van der Waals surface area contributed by atoms with Gasteiger partial charge in [-0.1, -0.05) is 25.4 Å². The van der Waals surface area contributed by atoms with Crippen molar-refractivity contribution in [1.29, 1.82) is 0 Å². The van der Waals surface area contributed by atoms with E-state index in [4.69, 9.17) is 21.1 Å². The van der Waals surface area contributed by atoms with E-state index in [1.165, 1.54) is 0 Å². The second kappa shape index (κ2) is 7.30. The second-order valence-corrected chi connectivity index (χ2v) is 5.63. The van der Waals surface area contributed by atoms with Crippen molar-refractivity contribution < 1.29 is 9.47 Å². The van der Waals surface area contributed by atoms with Crippen molar-refractivity contribution in [2.24, 2.45) is 5.92 Å². The Bertz CT molecular complexity index is 438. The maximum absolute atomic E-state index is 6.18. The summed E-state index contributed by atoms with van der Waals surface area (Å²) in [6.45, 7) is 6.06. The Morgan fingerprint density at radius 1 is 1.45 bits per heavy atom. The molecule has 112 valence electrons. The molecule has 4 heteroatoms. The molecule has 1 fully saturated rings. The molecule has 0 aromatic heterocycles. The zero-order valence-electron chi connectivity index (χ0n) is 12.5. The van der Waals surface area contributed by atoms with Crippen LogP contribution < -0.4 is 10.1 Å². The largest absolute Gasteiger partial charge is 0.496 e. The van der Waals surface area contributed by atoms with Crippen LogP contribution in [0.4, 0.5) is 0 Å². The number of rotatable bonds is 6. The van der Waals surface area contributed by atoms with Crippen LogP contribution in [0.3, 0.4) is 0 Å². The summed E-state index contributed by atoms with van der Waals surface area (Å²) in [5.74, 6) is 1.36. The first-order chi connectivity index (χ1) is 9.71. The number of benzene rings is 1. The summed E-state index contributed by atoms with van der Waals surface area (Å²) in [5.41, 5.74) is 1.14. The Kier molecular flexibility index (Phi) is 5.70. The molecule has 2 rings (SSSR count). The standard InChI is InChI=1S/C16H24ClNO2/c1-4-14-12(8-9-20-14)16(18-5-2)13-10-11(17)6-7-15(13)19-3/h6-7,10,12,14,16,18H,4-5,8-9H2,1-3H3. The van der Waals surface area contributed by atoms with Crippen molar-refractivity contribution in [3.8, 4) is 5.75 Å². The quantitative estimate of drug-likeness (QED) is 0.866. The molecule has 0 spiro atoms. The van der Waals surface area contributed by atoms with E-state index in [2.05, 4.69) is 19.2 Å². The molecule has 1 heterocycles. The summed E-state index contributed by atoms with van der Waals surface area (Å²) >= 11 is 6.18. The van der Waals surface area contributed by atoms with Gasteiger partial charge >= 0.3 is 0 Å². The number of ether oxygens (including phenoxy) is 2. The molecule has 1 aromatic rings. The highest BCUT2D eigenvalue weighted by Crippen LogP contribution is 2.39. The molecule has 3 nitrogen and oxygen atoms in total. The lowest BCUT2D eigenvalue weighted by Gasteiger charge is -2.29. The van der Waals surface area contributed by atoms with Crippen molar-refractivity contribution >= 4 is 11.6 Å². The van der Waals surface area contributed by atoms with Gasteiger partial charge in [0.15, 0.2) is 0 Å². The van der Waals surface area contributed by atoms with Crippen LogP contribution in [0.25, 0.3) is 0 Å². The average molecular weight is 298 g/mol. The van der Waals surface area contributed by atoms with E-state index in [1.54, 1.807) is 7.11 Å². The molecule has 3 atom stereocenters. The van der Waals surface area contributed by atoms with E-state index in [0.717, 1.165) is 42.3 Å². The van der Waals surface area contributed by atoms with Crippen LogP contribution in [0.15, 0.2) is 18.2 Å². The minimum Gasteiger partial charge on any atom is -0.496 e. The van der Waals surface area contributed by atoms with Crippen LogP contribution in [-0.4, -0.2) is 26.4 Å². The zero-order valence-corrected chi connectivity index (χ0v) is 13.2. The third-order valence-electron chi connectivity index (χ3n) is 4.04. The van der Waals surface area contributed by atoms with Crippen LogP contribution >= 0.6 is 11.6 Å². The van der Waals surface area contributed by atoms with Crippen molar-refractivity contribution in [2.45, 2.75) is 38.8 Å². The number of halogens is 1. The summed E-state index contributed by atoms with van der Waals surface area (Å²) < 4.78 is 11.4. The molecule has 0 saturated carbocycles. The van der Waals surface area contributed by atoms with Gasteiger partial charge < -0.3 is 14.8 Å². The Hall–Kier alpha value is -0.770. The number of hydrogen-bond acceptors (Lipinski definition) is 3. The molecule has 0 bridgehead atoms. The summed E-state index contributed by atoms with van der Waals surface area (Å²) in [7, 11) is 1.71. The SMILES string of the molecule is CCNC(c1cc(Cl)ccc1OC)C1CCOC1CC. The molecule has 0 radical (unpaired) electrons. The Morgan fingerprint density at radius 2 is 2.25 bits per heavy atom. The fourth-order valence-electron chi connectivity index (χ4n) is 3.13. The molecule has 20 heavy (non-hydrogen) atoms. The lowest BCUT2D eigenvalue weighted by Crippen LogP contribution is -2.33. The van der Waals surface area contributed by atoms with E-state index in [9.17, 15) is 0 Å². The van der Waals surface area contributed by atoms with Gasteiger partial charge in [-0.2, -0.15) is 0 Å². The van der Waals surface area contributed by atoms with Crippen LogP contribution in [0.1, 0.15) is 38.3 Å². The predicted molar refractivity (Wildman–Crippen MR) is 82.6 cm³/mol. The molecule has 0 aliphatic carbocycles. The maximum atomic E-state index is 6.18. The predicted octanol–water partition coefficient (Wildman–Crippen LogP) is 3.81. The number of methoxy groups -OCH3 is 1. The maximum Gasteiger partial charge on any atom is 0.123 e. The van der Waals surface area contributed by atoms with Crippen molar-refractivity contribution in [3.63, 3.8) is 0 Å². The molecular weight excluding hydrogens is 274 g/mol. The van der Waals surface area contributed by atoms with Gasteiger partial charge in [0, 0.05) is 29.2 Å². The van der Waals surface area contributed by atoms with Gasteiger partial charge in [0.05, 0.1) is 13.2 Å². The van der Waals surface area contributed by atoms with E-state index < -0.39 is 0 Å². The van der Waals surface area contributed by atoms with E-state index in [0.29, 0.717) is 12.0 Å². The fraction of sp³-hybridized carbons (Fsp3) is 0.625. The minimum absolute atomic E-state index is 0.223. The van der Waals surface area contributed by atoms with Gasteiger partial charge in [-0.3, -0.25) is 0 Å². The molecule has 1 aromatic carbocycles. The van der Waals surface area contributed by atoms with Crippen LogP contribution in [0.5, 0.6) is 5.75 Å². The minimum atomic E-state index is 0.223. The van der Waals surface area contributed by atoms with Gasteiger partial charge in [0.1, 0.15) is 5.75 Å². The summed E-state index contributed by atoms with van der Waals surface area (Å²) in [4.78, 5) is 0. The molecule has 1 N–H and O–H groups in total. The van der Waals surface area contributed by atoms with E-state index >= 15 is 0 Å². The zero-order chi connectivity index (χ0) is 14.5. The average Bonchev–Trinajstić information content (AvgIpc) is 2.93. The first-order valence-corrected chi connectivity index (χ1v) is 7.77. The highest BCUT2D eigenvalue weighted by Gasteiger charge is 2.35. The lowest BCUT2D eigenvalue weighted by molar-refractivity contribution is 0.0773. The number of nitrogens with one attached hydrogen (secondary N) is 1. The lowest BCUT2D eigenvalue weighted by atomic mass is 9.86. The fourth-order valence-corrected chi connectivity index (χ4v) is 3.31. The van der Waals surface area contributed by atoms with Crippen LogP contribution in [-0.2, 0) is 4.74 Å². The first-order valence-electron chi connectivity index (χ1n) is 7.39. The molecular formula is C16H24ClNO2. The van der Waals surface area contributed by atoms with Crippen molar-refractivity contribution in [2.75, 3.05) is 20.3 Å². The first kappa shape index (κ1) is 15.6. The van der Waals surface area contributed by atoms with Gasteiger partial charge in [0.25, 0.3) is 0 Å². The molecule has 0 amide bonds. The van der Waals surface area contributed by atoms with Crippen molar-refractivity contribution in [3.05, 3.63) is 28.8 Å². The summed E-state index contributed by atoms with van der Waals surface area (Å²) in [6, 6.07) is 6.05. The third-order valence-corrected chi connectivity index (χ3v) is 4.28.